The van der Waals surface area contributed by atoms with Crippen LogP contribution in [0, 0.1) is 11.6 Å². The van der Waals surface area contributed by atoms with E-state index in [4.69, 9.17) is 0 Å². The zero-order valence-corrected chi connectivity index (χ0v) is 15.0. The number of hydrogen-bond acceptors (Lipinski definition) is 5. The summed E-state index contributed by atoms with van der Waals surface area (Å²) in [6.07, 6.45) is 1.85. The van der Waals surface area contributed by atoms with Gasteiger partial charge in [0, 0.05) is 18.5 Å². The zero-order valence-electron chi connectivity index (χ0n) is 14.2. The molecular formula is C18H16F2N4O2S. The quantitative estimate of drug-likeness (QED) is 0.741. The first-order chi connectivity index (χ1) is 12.9. The average molecular weight is 390 g/mol. The zero-order chi connectivity index (χ0) is 19.0. The smallest absolute Gasteiger partial charge is 0.235 e. The minimum Gasteiger partial charge on any atom is -0.365 e. The van der Waals surface area contributed by atoms with E-state index >= 15 is 0 Å². The van der Waals surface area contributed by atoms with Crippen LogP contribution >= 0.6 is 0 Å². The van der Waals surface area contributed by atoms with Gasteiger partial charge in [0.15, 0.2) is 0 Å². The summed E-state index contributed by atoms with van der Waals surface area (Å²) in [4.78, 5) is 8.20. The topological polar surface area (TPSA) is 75.2 Å². The molecule has 27 heavy (non-hydrogen) atoms. The Morgan fingerprint density at radius 3 is 2.70 bits per heavy atom. The Kier molecular flexibility index (Phi) is 4.39. The van der Waals surface area contributed by atoms with Crippen LogP contribution in [0.5, 0.6) is 0 Å². The molecule has 2 heterocycles. The molecule has 4 rings (SSSR count). The van der Waals surface area contributed by atoms with Gasteiger partial charge in [-0.3, -0.25) is 4.31 Å². The first-order valence-electron chi connectivity index (χ1n) is 8.37. The van der Waals surface area contributed by atoms with E-state index in [0.29, 0.717) is 28.7 Å². The number of nitrogens with zero attached hydrogens (tertiary/aromatic N) is 3. The maximum Gasteiger partial charge on any atom is 0.235 e. The van der Waals surface area contributed by atoms with Crippen LogP contribution in [0.2, 0.25) is 0 Å². The molecule has 1 N–H and O–H groups in total. The van der Waals surface area contributed by atoms with Gasteiger partial charge in [0.1, 0.15) is 23.8 Å². The molecule has 1 aliphatic rings. The van der Waals surface area contributed by atoms with E-state index in [0.717, 1.165) is 4.31 Å². The molecule has 1 saturated heterocycles. The Hall–Kier alpha value is -2.81. The number of nitrogens with one attached hydrogen (secondary N) is 1. The maximum absolute atomic E-state index is 14.5. The largest absolute Gasteiger partial charge is 0.365 e. The third-order valence-corrected chi connectivity index (χ3v) is 6.29. The van der Waals surface area contributed by atoms with Crippen molar-refractivity contribution in [1.82, 2.24) is 9.97 Å². The number of anilines is 2. The van der Waals surface area contributed by atoms with Gasteiger partial charge in [-0.2, -0.15) is 0 Å². The predicted molar refractivity (Wildman–Crippen MR) is 99.0 cm³/mol. The molecular weight excluding hydrogens is 374 g/mol. The van der Waals surface area contributed by atoms with Gasteiger partial charge in [0.2, 0.25) is 10.0 Å². The van der Waals surface area contributed by atoms with Crippen LogP contribution in [0.4, 0.5) is 20.3 Å². The van der Waals surface area contributed by atoms with E-state index in [1.54, 1.807) is 12.1 Å². The molecule has 0 spiro atoms. The highest BCUT2D eigenvalue weighted by Crippen LogP contribution is 2.28. The van der Waals surface area contributed by atoms with Crippen LogP contribution in [0.3, 0.4) is 0 Å². The maximum atomic E-state index is 14.5. The van der Waals surface area contributed by atoms with Crippen molar-refractivity contribution in [2.24, 2.45) is 0 Å². The highest BCUT2D eigenvalue weighted by molar-refractivity contribution is 7.93. The second-order valence-corrected chi connectivity index (χ2v) is 8.28. The molecule has 1 fully saturated rings. The molecule has 0 saturated carbocycles. The fourth-order valence-corrected chi connectivity index (χ4v) is 4.70. The summed E-state index contributed by atoms with van der Waals surface area (Å²) in [6.45, 7) is 0.530. The van der Waals surface area contributed by atoms with Crippen molar-refractivity contribution in [1.29, 1.82) is 0 Å². The molecule has 1 aliphatic heterocycles. The van der Waals surface area contributed by atoms with Gasteiger partial charge < -0.3 is 5.32 Å². The van der Waals surface area contributed by atoms with Crippen molar-refractivity contribution in [3.8, 4) is 0 Å². The lowest BCUT2D eigenvalue weighted by molar-refractivity contribution is 0.594. The molecule has 9 heteroatoms. The number of hydrogen-bond donors (Lipinski definition) is 1. The fourth-order valence-electron chi connectivity index (χ4n) is 3.13. The number of aromatic nitrogens is 2. The Balaban J connectivity index is 1.56. The van der Waals surface area contributed by atoms with Gasteiger partial charge in [-0.05, 0) is 42.3 Å². The van der Waals surface area contributed by atoms with Gasteiger partial charge >= 0.3 is 0 Å². The summed E-state index contributed by atoms with van der Waals surface area (Å²) in [5, 5.41) is 3.57. The number of benzene rings is 2. The van der Waals surface area contributed by atoms with Crippen LogP contribution in [-0.2, 0) is 16.6 Å². The average Bonchev–Trinajstić information content (AvgIpc) is 2.99. The second-order valence-electron chi connectivity index (χ2n) is 6.26. The molecule has 0 unspecified atom stereocenters. The van der Waals surface area contributed by atoms with E-state index in [1.165, 1.54) is 30.6 Å². The van der Waals surface area contributed by atoms with Crippen molar-refractivity contribution in [2.75, 3.05) is 21.9 Å². The third kappa shape index (κ3) is 3.42. The monoisotopic (exact) mass is 390 g/mol. The molecule has 3 aromatic rings. The standard InChI is InChI=1S/C18H16F2N4O2S/c19-13-3-4-16-14(9-13)18(23-11-22-16)21-10-12-2-5-17(15(20)8-12)24-6-1-7-27(24,25)26/h2-5,8-9,11H,1,6-7,10H2,(H,21,22,23). The molecule has 0 radical (unpaired) electrons. The number of sulfonamides is 1. The van der Waals surface area contributed by atoms with Gasteiger partial charge in [-0.1, -0.05) is 6.07 Å². The molecule has 0 amide bonds. The minimum atomic E-state index is -3.43. The van der Waals surface area contributed by atoms with Crippen molar-refractivity contribution < 1.29 is 17.2 Å². The minimum absolute atomic E-state index is 0.0348. The van der Waals surface area contributed by atoms with Gasteiger partial charge in [0.05, 0.1) is 17.0 Å². The number of fused-ring (bicyclic) bond motifs is 1. The van der Waals surface area contributed by atoms with Crippen molar-refractivity contribution in [3.63, 3.8) is 0 Å². The van der Waals surface area contributed by atoms with Crippen LogP contribution in [0.1, 0.15) is 12.0 Å². The van der Waals surface area contributed by atoms with Crippen LogP contribution < -0.4 is 9.62 Å². The van der Waals surface area contributed by atoms with E-state index in [1.807, 2.05) is 0 Å². The second kappa shape index (κ2) is 6.73. The Bertz CT molecular complexity index is 1120. The lowest BCUT2D eigenvalue weighted by Crippen LogP contribution is -2.26. The Morgan fingerprint density at radius 1 is 1.11 bits per heavy atom. The molecule has 1 aromatic heterocycles. The lowest BCUT2D eigenvalue weighted by atomic mass is 10.2. The molecule has 140 valence electrons. The van der Waals surface area contributed by atoms with Gasteiger partial charge in [-0.25, -0.2) is 27.2 Å². The van der Waals surface area contributed by atoms with E-state index < -0.39 is 21.7 Å². The van der Waals surface area contributed by atoms with Crippen molar-refractivity contribution >= 4 is 32.4 Å². The predicted octanol–water partition coefficient (Wildman–Crippen LogP) is 3.06. The van der Waals surface area contributed by atoms with E-state index in [2.05, 4.69) is 15.3 Å². The summed E-state index contributed by atoms with van der Waals surface area (Å²) in [6, 6.07) is 8.62. The van der Waals surface area contributed by atoms with Gasteiger partial charge in [-0.15, -0.1) is 0 Å². The third-order valence-electron chi connectivity index (χ3n) is 4.44. The highest BCUT2D eigenvalue weighted by Gasteiger charge is 2.30. The lowest BCUT2D eigenvalue weighted by Gasteiger charge is -2.18. The normalized spacial score (nSPS) is 16.0. The summed E-state index contributed by atoms with van der Waals surface area (Å²) in [7, 11) is -3.43. The van der Waals surface area contributed by atoms with Crippen LogP contribution in [0.15, 0.2) is 42.7 Å². The molecule has 0 aliphatic carbocycles. The summed E-state index contributed by atoms with van der Waals surface area (Å²) >= 11 is 0. The first kappa shape index (κ1) is 17.6. The van der Waals surface area contributed by atoms with Crippen LogP contribution in [0.25, 0.3) is 10.9 Å². The summed E-state index contributed by atoms with van der Waals surface area (Å²) in [5.74, 6) is -0.528. The van der Waals surface area contributed by atoms with Crippen molar-refractivity contribution in [2.45, 2.75) is 13.0 Å². The number of rotatable bonds is 4. The molecule has 2 aromatic carbocycles. The first-order valence-corrected chi connectivity index (χ1v) is 9.98. The van der Waals surface area contributed by atoms with Crippen LogP contribution in [-0.4, -0.2) is 30.7 Å². The van der Waals surface area contributed by atoms with E-state index in [-0.39, 0.29) is 24.5 Å². The Labute approximate surface area is 154 Å². The molecule has 0 bridgehead atoms. The SMILES string of the molecule is O=S1(=O)CCCN1c1ccc(CNc2ncnc3ccc(F)cc23)cc1F. The summed E-state index contributed by atoms with van der Waals surface area (Å²) in [5.41, 5.74) is 1.26. The summed E-state index contributed by atoms with van der Waals surface area (Å²) < 4.78 is 53.0. The highest BCUT2D eigenvalue weighted by atomic mass is 32.2. The Morgan fingerprint density at radius 2 is 1.96 bits per heavy atom. The molecule has 0 atom stereocenters. The van der Waals surface area contributed by atoms with Crippen molar-refractivity contribution in [3.05, 3.63) is 59.9 Å². The number of halogens is 2. The fraction of sp³-hybridized carbons (Fsp3) is 0.222. The van der Waals surface area contributed by atoms with E-state index in [9.17, 15) is 17.2 Å². The molecule has 6 nitrogen and oxygen atoms in total. The van der Waals surface area contributed by atoms with Gasteiger partial charge in [0.25, 0.3) is 0 Å².